The second-order valence-electron chi connectivity index (χ2n) is 10.4. The van der Waals surface area contributed by atoms with E-state index in [0.717, 1.165) is 33.4 Å². The van der Waals surface area contributed by atoms with E-state index in [0.29, 0.717) is 11.1 Å². The van der Waals surface area contributed by atoms with Crippen molar-refractivity contribution in [3.63, 3.8) is 0 Å². The Kier molecular flexibility index (Phi) is 5.66. The minimum atomic E-state index is 0.596. The Morgan fingerprint density at radius 1 is 0.405 bits per heavy atom. The van der Waals surface area contributed by atoms with E-state index in [1.165, 1.54) is 40.3 Å². The van der Waals surface area contributed by atoms with Gasteiger partial charge in [-0.25, -0.2) is 0 Å². The summed E-state index contributed by atoms with van der Waals surface area (Å²) in [5.74, 6) is 0. The lowest BCUT2D eigenvalue weighted by Gasteiger charge is -2.15. The van der Waals surface area contributed by atoms with E-state index >= 15 is 0 Å². The third kappa shape index (κ3) is 3.90. The van der Waals surface area contributed by atoms with E-state index in [1.54, 1.807) is 22.7 Å². The monoisotopic (exact) mass is 568 g/mol. The molecule has 2 aromatic heterocycles. The molecular formula is C38H20N2S2. The van der Waals surface area contributed by atoms with E-state index < -0.39 is 0 Å². The Morgan fingerprint density at radius 2 is 0.905 bits per heavy atom. The van der Waals surface area contributed by atoms with Crippen LogP contribution < -0.4 is 0 Å². The Labute approximate surface area is 250 Å². The summed E-state index contributed by atoms with van der Waals surface area (Å²) in [4.78, 5) is 0. The summed E-state index contributed by atoms with van der Waals surface area (Å²) in [6.07, 6.45) is 0. The van der Waals surface area contributed by atoms with Crippen LogP contribution in [0.4, 0.5) is 0 Å². The molecule has 8 aromatic rings. The van der Waals surface area contributed by atoms with Gasteiger partial charge >= 0.3 is 0 Å². The number of benzene rings is 6. The van der Waals surface area contributed by atoms with E-state index in [2.05, 4.69) is 109 Å². The number of hydrogen-bond acceptors (Lipinski definition) is 4. The molecule has 42 heavy (non-hydrogen) atoms. The fraction of sp³-hybridized carbons (Fsp3) is 0. The van der Waals surface area contributed by atoms with Crippen molar-refractivity contribution in [3.8, 4) is 45.5 Å². The van der Waals surface area contributed by atoms with Crippen LogP contribution in [-0.4, -0.2) is 0 Å². The molecule has 0 fully saturated rings. The molecule has 2 nitrogen and oxygen atoms in total. The molecule has 0 aliphatic carbocycles. The molecule has 6 aromatic carbocycles. The van der Waals surface area contributed by atoms with Crippen LogP contribution >= 0.6 is 22.7 Å². The third-order valence-corrected chi connectivity index (χ3v) is 10.2. The van der Waals surface area contributed by atoms with E-state index in [9.17, 15) is 10.5 Å². The first kappa shape index (κ1) is 24.5. The predicted molar refractivity (Wildman–Crippen MR) is 178 cm³/mol. The number of thiophene rings is 2. The summed E-state index contributed by atoms with van der Waals surface area (Å²) in [6.45, 7) is 0. The average Bonchev–Trinajstić information content (AvgIpc) is 3.61. The fourth-order valence-electron chi connectivity index (χ4n) is 5.91. The Balaban J connectivity index is 1.38. The van der Waals surface area contributed by atoms with Gasteiger partial charge in [0.15, 0.2) is 0 Å². The van der Waals surface area contributed by atoms with Gasteiger partial charge in [-0.3, -0.25) is 0 Å². The highest BCUT2D eigenvalue weighted by Gasteiger charge is 2.17. The SMILES string of the molecule is N#Cc1ccc(-c2cc(-c3ccc4c(c3)sc3ccccc34)cc(-c3ccc4c(c3)sc3ccccc34)c2C#N)cc1. The predicted octanol–water partition coefficient (Wildman–Crippen LogP) is 11.2. The van der Waals surface area contributed by atoms with Gasteiger partial charge in [0, 0.05) is 51.5 Å². The average molecular weight is 569 g/mol. The molecule has 0 N–H and O–H groups in total. The highest BCUT2D eigenvalue weighted by atomic mass is 32.1. The van der Waals surface area contributed by atoms with Crippen molar-refractivity contribution in [1.29, 1.82) is 10.5 Å². The third-order valence-electron chi connectivity index (χ3n) is 7.98. The van der Waals surface area contributed by atoms with Crippen molar-refractivity contribution in [2.45, 2.75) is 0 Å². The maximum absolute atomic E-state index is 10.5. The van der Waals surface area contributed by atoms with Crippen LogP contribution in [0.15, 0.2) is 121 Å². The number of fused-ring (bicyclic) bond motifs is 6. The molecule has 0 aliphatic heterocycles. The molecule has 0 aliphatic rings. The Bertz CT molecular complexity index is 2430. The van der Waals surface area contributed by atoms with Gasteiger partial charge in [-0.15, -0.1) is 22.7 Å². The molecule has 0 saturated heterocycles. The highest BCUT2D eigenvalue weighted by molar-refractivity contribution is 7.26. The van der Waals surface area contributed by atoms with Gasteiger partial charge in [0.25, 0.3) is 0 Å². The molecular weight excluding hydrogens is 549 g/mol. The van der Waals surface area contributed by atoms with Gasteiger partial charge in [-0.05, 0) is 70.8 Å². The minimum Gasteiger partial charge on any atom is -0.192 e. The lowest BCUT2D eigenvalue weighted by atomic mass is 9.88. The summed E-state index contributed by atoms with van der Waals surface area (Å²) >= 11 is 3.59. The number of hydrogen-bond donors (Lipinski definition) is 0. The first-order valence-electron chi connectivity index (χ1n) is 13.6. The summed E-state index contributed by atoms with van der Waals surface area (Å²) in [5.41, 5.74) is 7.10. The number of nitriles is 2. The topological polar surface area (TPSA) is 47.6 Å². The van der Waals surface area contributed by atoms with Crippen LogP contribution in [0.3, 0.4) is 0 Å². The van der Waals surface area contributed by atoms with Crippen LogP contribution in [0.25, 0.3) is 73.7 Å². The van der Waals surface area contributed by atoms with Crippen LogP contribution in [0.5, 0.6) is 0 Å². The van der Waals surface area contributed by atoms with Crippen molar-refractivity contribution < 1.29 is 0 Å². The van der Waals surface area contributed by atoms with E-state index in [4.69, 9.17) is 0 Å². The van der Waals surface area contributed by atoms with Gasteiger partial charge in [0.05, 0.1) is 17.2 Å². The smallest absolute Gasteiger partial charge is 0.100 e. The first-order chi connectivity index (χ1) is 20.7. The second kappa shape index (κ2) is 9.68. The Morgan fingerprint density at radius 3 is 1.50 bits per heavy atom. The van der Waals surface area contributed by atoms with Crippen LogP contribution in [0.1, 0.15) is 11.1 Å². The van der Waals surface area contributed by atoms with Gasteiger partial charge in [0.2, 0.25) is 0 Å². The number of rotatable bonds is 3. The molecule has 0 radical (unpaired) electrons. The maximum atomic E-state index is 10.5. The van der Waals surface area contributed by atoms with Crippen LogP contribution in [0.2, 0.25) is 0 Å². The van der Waals surface area contributed by atoms with Crippen molar-refractivity contribution in [3.05, 3.63) is 132 Å². The van der Waals surface area contributed by atoms with Crippen molar-refractivity contribution in [2.75, 3.05) is 0 Å². The summed E-state index contributed by atoms with van der Waals surface area (Å²) < 4.78 is 4.98. The van der Waals surface area contributed by atoms with E-state index in [1.807, 2.05) is 24.3 Å². The zero-order chi connectivity index (χ0) is 28.2. The van der Waals surface area contributed by atoms with Gasteiger partial charge < -0.3 is 0 Å². The molecule has 0 saturated carbocycles. The molecule has 194 valence electrons. The summed E-state index contributed by atoms with van der Waals surface area (Å²) in [6, 6.07) is 46.7. The van der Waals surface area contributed by atoms with Gasteiger partial charge in [0.1, 0.15) is 6.07 Å². The molecule has 0 spiro atoms. The van der Waals surface area contributed by atoms with Crippen molar-refractivity contribution in [1.82, 2.24) is 0 Å². The first-order valence-corrected chi connectivity index (χ1v) is 15.3. The van der Waals surface area contributed by atoms with Gasteiger partial charge in [-0.1, -0.05) is 72.8 Å². The molecule has 8 rings (SSSR count). The lowest BCUT2D eigenvalue weighted by molar-refractivity contribution is 1.46. The molecule has 0 amide bonds. The second-order valence-corrected chi connectivity index (χ2v) is 12.5. The summed E-state index contributed by atoms with van der Waals surface area (Å²) in [5, 5.41) is 24.9. The quantitative estimate of drug-likeness (QED) is 0.213. The zero-order valence-corrected chi connectivity index (χ0v) is 23.9. The zero-order valence-electron chi connectivity index (χ0n) is 22.3. The van der Waals surface area contributed by atoms with Gasteiger partial charge in [-0.2, -0.15) is 10.5 Å². The minimum absolute atomic E-state index is 0.596. The molecule has 0 atom stereocenters. The van der Waals surface area contributed by atoms with Crippen LogP contribution in [-0.2, 0) is 0 Å². The largest absolute Gasteiger partial charge is 0.192 e. The number of nitrogens with zero attached hydrogens (tertiary/aromatic N) is 2. The maximum Gasteiger partial charge on any atom is 0.100 e. The van der Waals surface area contributed by atoms with E-state index in [-0.39, 0.29) is 0 Å². The highest BCUT2D eigenvalue weighted by Crippen LogP contribution is 2.42. The van der Waals surface area contributed by atoms with Crippen LogP contribution in [0, 0.1) is 22.7 Å². The molecule has 0 unspecified atom stereocenters. The summed E-state index contributed by atoms with van der Waals surface area (Å²) in [7, 11) is 0. The standard InChI is InChI=1S/C38H20N2S2/c39-21-23-9-11-24(12-10-23)32-17-27(25-13-15-30-28-5-1-3-7-35(28)41-37(30)19-25)18-33(34(32)22-40)26-14-16-31-29-6-2-4-8-36(29)42-38(31)20-26/h1-20H. The molecule has 0 bridgehead atoms. The molecule has 4 heteroatoms. The Hall–Kier alpha value is -5.26. The normalized spacial score (nSPS) is 11.3. The van der Waals surface area contributed by atoms with Crippen molar-refractivity contribution in [2.24, 2.45) is 0 Å². The fourth-order valence-corrected chi connectivity index (χ4v) is 8.20. The lowest BCUT2D eigenvalue weighted by Crippen LogP contribution is -1.93. The van der Waals surface area contributed by atoms with Crippen molar-refractivity contribution >= 4 is 63.0 Å². The molecule has 2 heterocycles.